The summed E-state index contributed by atoms with van der Waals surface area (Å²) in [6, 6.07) is 7.91. The Balaban J connectivity index is 1.81. The third kappa shape index (κ3) is 1.89. The van der Waals surface area contributed by atoms with Gasteiger partial charge in [0.05, 0.1) is 0 Å². The van der Waals surface area contributed by atoms with Crippen LogP contribution in [-0.2, 0) is 6.54 Å². The summed E-state index contributed by atoms with van der Waals surface area (Å²) >= 11 is 0. The van der Waals surface area contributed by atoms with Crippen LogP contribution in [0.15, 0.2) is 24.3 Å². The summed E-state index contributed by atoms with van der Waals surface area (Å²) in [5, 5.41) is 3.11. The predicted octanol–water partition coefficient (Wildman–Crippen LogP) is 1.60. The highest BCUT2D eigenvalue weighted by Crippen LogP contribution is 2.41. The van der Waals surface area contributed by atoms with Gasteiger partial charge in [0.15, 0.2) is 0 Å². The summed E-state index contributed by atoms with van der Waals surface area (Å²) in [6.45, 7) is 1.31. The second-order valence-corrected chi connectivity index (χ2v) is 4.99. The zero-order valence-corrected chi connectivity index (χ0v) is 9.78. The largest absolute Gasteiger partial charge is 0.332 e. The van der Waals surface area contributed by atoms with Gasteiger partial charge in [0.25, 0.3) is 0 Å². The molecule has 1 aromatic carbocycles. The molecule has 1 saturated carbocycles. The highest BCUT2D eigenvalue weighted by Gasteiger charge is 2.47. The van der Waals surface area contributed by atoms with Crippen LogP contribution in [-0.4, -0.2) is 18.1 Å². The molecule has 2 amide bonds. The lowest BCUT2D eigenvalue weighted by molar-refractivity contribution is 0.234. The minimum absolute atomic E-state index is 0.0305. The Hall–Kier alpha value is -1.55. The van der Waals surface area contributed by atoms with Gasteiger partial charge in [0.1, 0.15) is 0 Å². The highest BCUT2D eigenvalue weighted by molar-refractivity contribution is 5.93. The van der Waals surface area contributed by atoms with E-state index < -0.39 is 0 Å². The molecule has 2 fully saturated rings. The van der Waals surface area contributed by atoms with Crippen molar-refractivity contribution in [2.24, 2.45) is 5.73 Å². The second kappa shape index (κ2) is 3.74. The molecule has 1 heterocycles. The van der Waals surface area contributed by atoms with Crippen molar-refractivity contribution in [1.82, 2.24) is 5.32 Å². The SMILES string of the molecule is NCc1cccc(N2CCC3(CC3)NC2=O)c1. The Kier molecular flexibility index (Phi) is 2.33. The molecule has 1 saturated heterocycles. The van der Waals surface area contributed by atoms with Crippen molar-refractivity contribution in [3.8, 4) is 0 Å². The Bertz CT molecular complexity index is 454. The lowest BCUT2D eigenvalue weighted by atomic mass is 10.1. The quantitative estimate of drug-likeness (QED) is 0.812. The van der Waals surface area contributed by atoms with Crippen molar-refractivity contribution in [2.45, 2.75) is 31.3 Å². The molecule has 0 aromatic heterocycles. The first-order valence-electron chi connectivity index (χ1n) is 6.11. The second-order valence-electron chi connectivity index (χ2n) is 4.99. The van der Waals surface area contributed by atoms with E-state index in [0.717, 1.165) is 37.1 Å². The van der Waals surface area contributed by atoms with Crippen molar-refractivity contribution in [2.75, 3.05) is 11.4 Å². The maximum absolute atomic E-state index is 12.0. The van der Waals surface area contributed by atoms with Crippen molar-refractivity contribution < 1.29 is 4.79 Å². The van der Waals surface area contributed by atoms with E-state index in [1.54, 1.807) is 0 Å². The topological polar surface area (TPSA) is 58.4 Å². The number of nitrogens with one attached hydrogen (secondary N) is 1. The van der Waals surface area contributed by atoms with Gasteiger partial charge < -0.3 is 11.1 Å². The maximum atomic E-state index is 12.0. The van der Waals surface area contributed by atoms with Crippen LogP contribution in [0, 0.1) is 0 Å². The van der Waals surface area contributed by atoms with Crippen molar-refractivity contribution in [3.63, 3.8) is 0 Å². The Morgan fingerprint density at radius 3 is 2.82 bits per heavy atom. The molecular formula is C13H17N3O. The van der Waals surface area contributed by atoms with E-state index in [4.69, 9.17) is 5.73 Å². The lowest BCUT2D eigenvalue weighted by Crippen LogP contribution is -2.53. The molecule has 4 heteroatoms. The third-order valence-electron chi connectivity index (χ3n) is 3.74. The number of hydrogen-bond acceptors (Lipinski definition) is 2. The van der Waals surface area contributed by atoms with Crippen LogP contribution >= 0.6 is 0 Å². The molecule has 0 radical (unpaired) electrons. The van der Waals surface area contributed by atoms with Crippen LogP contribution in [0.4, 0.5) is 10.5 Å². The number of carbonyl (C=O) groups is 1. The molecule has 0 atom stereocenters. The third-order valence-corrected chi connectivity index (χ3v) is 3.74. The average molecular weight is 231 g/mol. The smallest absolute Gasteiger partial charge is 0.322 e. The number of nitrogens with zero attached hydrogens (tertiary/aromatic N) is 1. The number of urea groups is 1. The number of nitrogens with two attached hydrogens (primary N) is 1. The summed E-state index contributed by atoms with van der Waals surface area (Å²) in [7, 11) is 0. The molecule has 0 unspecified atom stereocenters. The van der Waals surface area contributed by atoms with Gasteiger partial charge in [-0.3, -0.25) is 4.90 Å². The van der Waals surface area contributed by atoms with Crippen LogP contribution < -0.4 is 16.0 Å². The summed E-state index contributed by atoms with van der Waals surface area (Å²) in [6.07, 6.45) is 3.32. The summed E-state index contributed by atoms with van der Waals surface area (Å²) in [4.78, 5) is 13.8. The molecule has 0 bridgehead atoms. The van der Waals surface area contributed by atoms with E-state index >= 15 is 0 Å². The van der Waals surface area contributed by atoms with Gasteiger partial charge in [-0.2, -0.15) is 0 Å². The number of anilines is 1. The maximum Gasteiger partial charge on any atom is 0.322 e. The molecule has 90 valence electrons. The van der Waals surface area contributed by atoms with Crippen molar-refractivity contribution >= 4 is 11.7 Å². The Morgan fingerprint density at radius 1 is 1.35 bits per heavy atom. The minimum atomic E-state index is 0.0305. The van der Waals surface area contributed by atoms with Gasteiger partial charge in [0, 0.05) is 24.3 Å². The van der Waals surface area contributed by atoms with Crippen LogP contribution in [0.5, 0.6) is 0 Å². The van der Waals surface area contributed by atoms with Gasteiger partial charge >= 0.3 is 6.03 Å². The fourth-order valence-electron chi connectivity index (χ4n) is 2.41. The molecule has 4 nitrogen and oxygen atoms in total. The van der Waals surface area contributed by atoms with Crippen LogP contribution in [0.1, 0.15) is 24.8 Å². The highest BCUT2D eigenvalue weighted by atomic mass is 16.2. The van der Waals surface area contributed by atoms with Crippen molar-refractivity contribution in [3.05, 3.63) is 29.8 Å². The molecule has 3 N–H and O–H groups in total. The lowest BCUT2D eigenvalue weighted by Gasteiger charge is -2.33. The zero-order valence-electron chi connectivity index (χ0n) is 9.78. The predicted molar refractivity (Wildman–Crippen MR) is 66.8 cm³/mol. The molecule has 1 aromatic rings. The summed E-state index contributed by atoms with van der Waals surface area (Å²) in [5.74, 6) is 0. The molecule has 2 aliphatic rings. The van der Waals surface area contributed by atoms with Gasteiger partial charge in [-0.15, -0.1) is 0 Å². The molecule has 1 aliphatic heterocycles. The standard InChI is InChI=1S/C13H17N3O/c14-9-10-2-1-3-11(8-10)16-7-6-13(4-5-13)15-12(16)17/h1-3,8H,4-7,9,14H2,(H,15,17). The first-order chi connectivity index (χ1) is 8.22. The number of hydrogen-bond donors (Lipinski definition) is 2. The van der Waals surface area contributed by atoms with Gasteiger partial charge in [-0.05, 0) is 37.0 Å². The van der Waals surface area contributed by atoms with E-state index in [1.807, 2.05) is 29.2 Å². The van der Waals surface area contributed by atoms with E-state index in [9.17, 15) is 4.79 Å². The monoisotopic (exact) mass is 231 g/mol. The summed E-state index contributed by atoms with van der Waals surface area (Å²) in [5.41, 5.74) is 7.76. The van der Waals surface area contributed by atoms with Crippen molar-refractivity contribution in [1.29, 1.82) is 0 Å². The van der Waals surface area contributed by atoms with E-state index in [0.29, 0.717) is 6.54 Å². The van der Waals surface area contributed by atoms with E-state index in [2.05, 4.69) is 5.32 Å². The van der Waals surface area contributed by atoms with Gasteiger partial charge in [-0.1, -0.05) is 12.1 Å². The van der Waals surface area contributed by atoms with Crippen LogP contribution in [0.2, 0.25) is 0 Å². The minimum Gasteiger partial charge on any atom is -0.332 e. The Morgan fingerprint density at radius 2 is 2.18 bits per heavy atom. The molecule has 17 heavy (non-hydrogen) atoms. The first kappa shape index (κ1) is 10.6. The number of carbonyl (C=O) groups excluding carboxylic acids is 1. The molecule has 1 aliphatic carbocycles. The van der Waals surface area contributed by atoms with E-state index in [1.165, 1.54) is 0 Å². The van der Waals surface area contributed by atoms with Crippen LogP contribution in [0.3, 0.4) is 0 Å². The summed E-state index contributed by atoms with van der Waals surface area (Å²) < 4.78 is 0. The van der Waals surface area contributed by atoms with Crippen LogP contribution in [0.25, 0.3) is 0 Å². The van der Waals surface area contributed by atoms with E-state index in [-0.39, 0.29) is 11.6 Å². The number of benzene rings is 1. The van der Waals surface area contributed by atoms with Gasteiger partial charge in [-0.25, -0.2) is 4.79 Å². The fraction of sp³-hybridized carbons (Fsp3) is 0.462. The molecule has 3 rings (SSSR count). The fourth-order valence-corrected chi connectivity index (χ4v) is 2.41. The van der Waals surface area contributed by atoms with Gasteiger partial charge in [0.2, 0.25) is 0 Å². The molecule has 1 spiro atoms. The normalized spacial score (nSPS) is 21.5. The first-order valence-corrected chi connectivity index (χ1v) is 6.11. The Labute approximate surface area is 101 Å². The number of rotatable bonds is 2. The molecular weight excluding hydrogens is 214 g/mol. The zero-order chi connectivity index (χ0) is 11.9. The number of amides is 2. The average Bonchev–Trinajstić information content (AvgIpc) is 3.09.